The minimum atomic E-state index is 0.127. The molecule has 0 saturated carbocycles. The molecule has 0 unspecified atom stereocenters. The minimum Gasteiger partial charge on any atom is -0.246 e. The molecule has 2 aromatic carbocycles. The van der Waals surface area contributed by atoms with Gasteiger partial charge >= 0.3 is 0 Å². The Balaban J connectivity index is 1.69. The van der Waals surface area contributed by atoms with Crippen molar-refractivity contribution in [1.29, 1.82) is 0 Å². The molecule has 5 nitrogen and oxygen atoms in total. The maximum atomic E-state index is 6.12. The Labute approximate surface area is 155 Å². The molecule has 0 saturated heterocycles. The molecule has 0 aromatic heterocycles. The van der Waals surface area contributed by atoms with Gasteiger partial charge in [0.25, 0.3) is 0 Å². The van der Waals surface area contributed by atoms with E-state index in [1.165, 1.54) is 0 Å². The van der Waals surface area contributed by atoms with Crippen molar-refractivity contribution < 1.29 is 0 Å². The van der Waals surface area contributed by atoms with Crippen LogP contribution in [0.5, 0.6) is 0 Å². The maximum Gasteiger partial charge on any atom is 0.240 e. The number of benzene rings is 2. The largest absolute Gasteiger partial charge is 0.246 e. The zero-order valence-electron chi connectivity index (χ0n) is 13.5. The van der Waals surface area contributed by atoms with E-state index >= 15 is 0 Å². The van der Waals surface area contributed by atoms with Gasteiger partial charge in [-0.15, -0.1) is 0 Å². The van der Waals surface area contributed by atoms with E-state index in [4.69, 9.17) is 11.6 Å². The van der Waals surface area contributed by atoms with Gasteiger partial charge < -0.3 is 0 Å². The summed E-state index contributed by atoms with van der Waals surface area (Å²) in [6.45, 7) is 0. The molecular weight excluding hydrogens is 346 g/mol. The Morgan fingerprint density at radius 2 is 1.31 bits per heavy atom. The third-order valence-electron chi connectivity index (χ3n) is 4.19. The molecule has 3 aliphatic heterocycles. The van der Waals surface area contributed by atoms with Crippen LogP contribution in [-0.4, -0.2) is 27.8 Å². The Morgan fingerprint density at radius 3 is 2.04 bits per heavy atom. The number of hydrogen-bond acceptors (Lipinski definition) is 5. The number of hydrogen-bond donors (Lipinski definition) is 0. The third-order valence-corrected chi connectivity index (χ3v) is 4.36. The molecule has 0 aliphatic carbocycles. The van der Waals surface area contributed by atoms with E-state index in [2.05, 4.69) is 20.0 Å². The van der Waals surface area contributed by atoms with Gasteiger partial charge in [-0.1, -0.05) is 60.7 Å². The Morgan fingerprint density at radius 1 is 0.654 bits per heavy atom. The van der Waals surface area contributed by atoms with Crippen molar-refractivity contribution in [2.75, 3.05) is 0 Å². The Kier molecular flexibility index (Phi) is 3.40. The topological polar surface area (TPSA) is 52.7 Å². The molecule has 0 atom stereocenters. The van der Waals surface area contributed by atoms with Crippen LogP contribution in [0.2, 0.25) is 0 Å². The molecule has 5 rings (SSSR count). The SMILES string of the molecule is ClC1=NC2=NC(c3ccccc3)=CC3=CC(c4ccccc4)=NC(=N1)N32. The van der Waals surface area contributed by atoms with Crippen molar-refractivity contribution in [1.82, 2.24) is 4.90 Å². The number of rotatable bonds is 2. The fourth-order valence-electron chi connectivity index (χ4n) is 3.00. The Bertz CT molecular complexity index is 1040. The van der Waals surface area contributed by atoms with Crippen LogP contribution < -0.4 is 0 Å². The van der Waals surface area contributed by atoms with Crippen LogP contribution in [0, 0.1) is 0 Å². The highest BCUT2D eigenvalue weighted by Crippen LogP contribution is 2.30. The van der Waals surface area contributed by atoms with Gasteiger partial charge in [-0.3, -0.25) is 0 Å². The summed E-state index contributed by atoms with van der Waals surface area (Å²) < 4.78 is 0. The van der Waals surface area contributed by atoms with Crippen molar-refractivity contribution in [3.63, 3.8) is 0 Å². The van der Waals surface area contributed by atoms with Gasteiger partial charge in [0, 0.05) is 11.1 Å². The molecule has 3 aliphatic rings. The van der Waals surface area contributed by atoms with Crippen molar-refractivity contribution in [3.8, 4) is 0 Å². The maximum absolute atomic E-state index is 6.12. The molecule has 6 heteroatoms. The second-order valence-electron chi connectivity index (χ2n) is 5.87. The smallest absolute Gasteiger partial charge is 0.240 e. The summed E-state index contributed by atoms with van der Waals surface area (Å²) in [4.78, 5) is 19.7. The van der Waals surface area contributed by atoms with Gasteiger partial charge in [0.05, 0.1) is 17.1 Å². The molecule has 0 radical (unpaired) electrons. The summed E-state index contributed by atoms with van der Waals surface area (Å²) in [5.41, 5.74) is 4.59. The molecular formula is C20H12ClN5. The molecule has 26 heavy (non-hydrogen) atoms. The first-order chi connectivity index (χ1) is 12.8. The predicted octanol–water partition coefficient (Wildman–Crippen LogP) is 4.05. The number of amidine groups is 1. The summed E-state index contributed by atoms with van der Waals surface area (Å²) in [5, 5.41) is 0.127. The van der Waals surface area contributed by atoms with Crippen LogP contribution in [0.3, 0.4) is 0 Å². The first-order valence-corrected chi connectivity index (χ1v) is 8.50. The van der Waals surface area contributed by atoms with Gasteiger partial charge in [-0.25, -0.2) is 14.9 Å². The minimum absolute atomic E-state index is 0.127. The van der Waals surface area contributed by atoms with Gasteiger partial charge in [-0.2, -0.15) is 9.98 Å². The summed E-state index contributed by atoms with van der Waals surface area (Å²) in [5.74, 6) is 0.951. The summed E-state index contributed by atoms with van der Waals surface area (Å²) in [6.07, 6.45) is 4.03. The normalized spacial score (nSPS) is 18.0. The van der Waals surface area contributed by atoms with Crippen LogP contribution in [0.15, 0.2) is 98.5 Å². The van der Waals surface area contributed by atoms with Crippen LogP contribution in [-0.2, 0) is 0 Å². The van der Waals surface area contributed by atoms with E-state index in [9.17, 15) is 0 Å². The van der Waals surface area contributed by atoms with Crippen LogP contribution in [0.25, 0.3) is 5.70 Å². The van der Waals surface area contributed by atoms with E-state index in [0.717, 1.165) is 28.2 Å². The third kappa shape index (κ3) is 2.50. The lowest BCUT2D eigenvalue weighted by atomic mass is 10.0. The Hall–Kier alpha value is -3.31. The first kappa shape index (κ1) is 15.0. The molecule has 0 fully saturated rings. The number of aliphatic imine (C=N–C) groups is 4. The number of halogens is 1. The second kappa shape index (κ2) is 5.89. The summed E-state index contributed by atoms with van der Waals surface area (Å²) in [7, 11) is 0. The molecule has 0 amide bonds. The molecule has 124 valence electrons. The fraction of sp³-hybridized carbons (Fsp3) is 0. The monoisotopic (exact) mass is 357 g/mol. The number of nitrogens with zero attached hydrogens (tertiary/aromatic N) is 5. The lowest BCUT2D eigenvalue weighted by molar-refractivity contribution is 0.737. The quantitative estimate of drug-likeness (QED) is 0.748. The van der Waals surface area contributed by atoms with Crippen LogP contribution >= 0.6 is 11.6 Å². The van der Waals surface area contributed by atoms with Gasteiger partial charge in [0.2, 0.25) is 17.2 Å². The van der Waals surface area contributed by atoms with Gasteiger partial charge in [0.15, 0.2) is 0 Å². The molecule has 0 spiro atoms. The van der Waals surface area contributed by atoms with E-state index in [-0.39, 0.29) is 5.29 Å². The van der Waals surface area contributed by atoms with E-state index in [1.807, 2.05) is 77.7 Å². The van der Waals surface area contributed by atoms with Crippen molar-refractivity contribution >= 4 is 40.2 Å². The standard InChI is InChI=1S/C20H12ClN5/c21-18-24-19-22-16(13-7-3-1-4-8-13)11-15-12-17(14-9-5-2-6-10-14)23-20(25-18)26(15)19/h1-12H. The predicted molar refractivity (Wildman–Crippen MR) is 105 cm³/mol. The zero-order valence-corrected chi connectivity index (χ0v) is 14.3. The van der Waals surface area contributed by atoms with Crippen molar-refractivity contribution in [2.24, 2.45) is 20.0 Å². The van der Waals surface area contributed by atoms with Crippen molar-refractivity contribution in [2.45, 2.75) is 0 Å². The molecule has 3 heterocycles. The molecule has 0 N–H and O–H groups in total. The van der Waals surface area contributed by atoms with Gasteiger partial charge in [0.1, 0.15) is 0 Å². The zero-order chi connectivity index (χ0) is 17.5. The lowest BCUT2D eigenvalue weighted by Gasteiger charge is -2.32. The first-order valence-electron chi connectivity index (χ1n) is 8.12. The average Bonchev–Trinajstić information content (AvgIpc) is 2.68. The van der Waals surface area contributed by atoms with E-state index in [0.29, 0.717) is 11.9 Å². The highest BCUT2D eigenvalue weighted by atomic mass is 35.5. The highest BCUT2D eigenvalue weighted by molar-refractivity contribution is 6.67. The lowest BCUT2D eigenvalue weighted by Crippen LogP contribution is -2.41. The van der Waals surface area contributed by atoms with E-state index in [1.54, 1.807) is 0 Å². The highest BCUT2D eigenvalue weighted by Gasteiger charge is 2.32. The van der Waals surface area contributed by atoms with Crippen molar-refractivity contribution in [3.05, 3.63) is 89.6 Å². The average molecular weight is 358 g/mol. The van der Waals surface area contributed by atoms with Crippen LogP contribution in [0.1, 0.15) is 11.1 Å². The summed E-state index contributed by atoms with van der Waals surface area (Å²) in [6, 6.07) is 20.0. The molecule has 2 aromatic rings. The summed E-state index contributed by atoms with van der Waals surface area (Å²) >= 11 is 6.12. The van der Waals surface area contributed by atoms with Gasteiger partial charge in [-0.05, 0) is 23.8 Å². The number of guanidine groups is 2. The second-order valence-corrected chi connectivity index (χ2v) is 6.21. The fourth-order valence-corrected chi connectivity index (χ4v) is 3.16. The van der Waals surface area contributed by atoms with E-state index < -0.39 is 0 Å². The number of allylic oxidation sites excluding steroid dienone is 2. The molecule has 0 bridgehead atoms. The van der Waals surface area contributed by atoms with Crippen LogP contribution in [0.4, 0.5) is 0 Å².